The summed E-state index contributed by atoms with van der Waals surface area (Å²) in [5, 5.41) is 8.52. The van der Waals surface area contributed by atoms with E-state index >= 15 is 0 Å². The van der Waals surface area contributed by atoms with E-state index in [2.05, 4.69) is 18.8 Å². The van der Waals surface area contributed by atoms with Crippen molar-refractivity contribution < 1.29 is 31.9 Å². The van der Waals surface area contributed by atoms with Gasteiger partial charge >= 0.3 is 5.97 Å². The van der Waals surface area contributed by atoms with Crippen molar-refractivity contribution in [3.63, 3.8) is 0 Å². The Morgan fingerprint density at radius 3 is 1.17 bits per heavy atom. The first-order valence-electron chi connectivity index (χ1n) is 9.16. The molecule has 0 heterocycles. The van der Waals surface area contributed by atoms with Crippen LogP contribution in [0.4, 0.5) is 0 Å². The molecule has 0 saturated carbocycles. The van der Waals surface area contributed by atoms with Crippen molar-refractivity contribution in [2.75, 3.05) is 0 Å². The van der Waals surface area contributed by atoms with Crippen LogP contribution < -0.4 is 0 Å². The summed E-state index contributed by atoms with van der Waals surface area (Å²) in [5.74, 6) is -0.653. The summed E-state index contributed by atoms with van der Waals surface area (Å²) in [6.07, 6.45) is 20.2. The Morgan fingerprint density at radius 1 is 0.652 bits per heavy atom. The van der Waals surface area contributed by atoms with Crippen molar-refractivity contribution in [3.8, 4) is 0 Å². The van der Waals surface area contributed by atoms with Gasteiger partial charge in [-0.2, -0.15) is 0 Å². The third kappa shape index (κ3) is 30.7. The zero-order valence-electron chi connectivity index (χ0n) is 14.9. The normalized spacial score (nSPS) is 9.70. The van der Waals surface area contributed by atoms with Gasteiger partial charge in [0.1, 0.15) is 0 Å². The average Bonchev–Trinajstić information content (AvgIpc) is 2.53. The number of hydrogen-bond donors (Lipinski definition) is 2. The number of carbonyl (C=O) groups is 1. The Hall–Kier alpha value is 0.252. The maximum atomic E-state index is 10.3. The SMILES string of the molecule is CCCCCCCCCCCCCCCCCC(=O)O.OCl.[Cr]. The Balaban J connectivity index is -0.00000128. The van der Waals surface area contributed by atoms with Crippen molar-refractivity contribution in [1.82, 2.24) is 0 Å². The summed E-state index contributed by atoms with van der Waals surface area (Å²) in [6, 6.07) is 0. The molecule has 0 bridgehead atoms. The molecule has 0 aromatic rings. The van der Waals surface area contributed by atoms with Gasteiger partial charge in [0, 0.05) is 23.8 Å². The van der Waals surface area contributed by atoms with Crippen LogP contribution in [-0.2, 0) is 22.2 Å². The summed E-state index contributed by atoms with van der Waals surface area (Å²) in [5.41, 5.74) is 0. The Morgan fingerprint density at radius 2 is 0.913 bits per heavy atom. The van der Waals surface area contributed by atoms with E-state index in [0.717, 1.165) is 12.8 Å². The van der Waals surface area contributed by atoms with E-state index in [-0.39, 0.29) is 17.4 Å². The Kier molecular flexibility index (Phi) is 33.1. The van der Waals surface area contributed by atoms with Gasteiger partial charge in [-0.15, -0.1) is 0 Å². The topological polar surface area (TPSA) is 57.5 Å². The molecule has 0 aromatic carbocycles. The van der Waals surface area contributed by atoms with Gasteiger partial charge in [0.2, 0.25) is 0 Å². The quantitative estimate of drug-likeness (QED) is 0.298. The molecule has 2 N–H and O–H groups in total. The van der Waals surface area contributed by atoms with Crippen molar-refractivity contribution in [1.29, 1.82) is 0 Å². The van der Waals surface area contributed by atoms with E-state index in [1.54, 1.807) is 0 Å². The van der Waals surface area contributed by atoms with Crippen molar-refractivity contribution in [2.45, 2.75) is 110 Å². The van der Waals surface area contributed by atoms with Crippen LogP contribution >= 0.6 is 11.9 Å². The predicted molar refractivity (Wildman–Crippen MR) is 95.3 cm³/mol. The fraction of sp³-hybridized carbons (Fsp3) is 0.944. The third-order valence-electron chi connectivity index (χ3n) is 3.99. The van der Waals surface area contributed by atoms with Crippen LogP contribution in [0, 0.1) is 0 Å². The van der Waals surface area contributed by atoms with Crippen LogP contribution in [0.3, 0.4) is 0 Å². The zero-order valence-corrected chi connectivity index (χ0v) is 16.9. The minimum Gasteiger partial charge on any atom is -0.481 e. The molecule has 0 aliphatic heterocycles. The van der Waals surface area contributed by atoms with Gasteiger partial charge in [0.05, 0.1) is 11.9 Å². The third-order valence-corrected chi connectivity index (χ3v) is 3.99. The van der Waals surface area contributed by atoms with Crippen LogP contribution in [0.25, 0.3) is 0 Å². The molecule has 0 amide bonds. The fourth-order valence-electron chi connectivity index (χ4n) is 2.65. The van der Waals surface area contributed by atoms with Gasteiger partial charge in [-0.05, 0) is 6.42 Å². The van der Waals surface area contributed by atoms with E-state index in [4.69, 9.17) is 9.77 Å². The second-order valence-electron chi connectivity index (χ2n) is 6.09. The summed E-state index contributed by atoms with van der Waals surface area (Å²) < 4.78 is 6.47. The van der Waals surface area contributed by atoms with Crippen molar-refractivity contribution >= 4 is 17.8 Å². The van der Waals surface area contributed by atoms with Crippen LogP contribution in [0.5, 0.6) is 0 Å². The van der Waals surface area contributed by atoms with Crippen molar-refractivity contribution in [2.24, 2.45) is 0 Å². The fourth-order valence-corrected chi connectivity index (χ4v) is 2.65. The molecule has 0 aliphatic rings. The molecular weight excluding hydrogens is 352 g/mol. The molecule has 140 valence electrons. The first-order valence-corrected chi connectivity index (χ1v) is 9.50. The van der Waals surface area contributed by atoms with Crippen LogP contribution in [-0.4, -0.2) is 15.7 Å². The molecule has 0 rings (SSSR count). The minimum atomic E-state index is -0.653. The molecule has 23 heavy (non-hydrogen) atoms. The van der Waals surface area contributed by atoms with Crippen LogP contribution in [0.15, 0.2) is 0 Å². The summed E-state index contributed by atoms with van der Waals surface area (Å²) in [7, 11) is 0. The number of rotatable bonds is 16. The monoisotopic (exact) mass is 388 g/mol. The summed E-state index contributed by atoms with van der Waals surface area (Å²) in [4.78, 5) is 10.3. The molecule has 0 atom stereocenters. The molecule has 0 fully saturated rings. The van der Waals surface area contributed by atoms with E-state index in [9.17, 15) is 4.79 Å². The number of aliphatic carboxylic acids is 1. The van der Waals surface area contributed by atoms with Gasteiger partial charge < -0.3 is 5.11 Å². The molecule has 5 heteroatoms. The molecule has 0 spiro atoms. The molecule has 3 nitrogen and oxygen atoms in total. The van der Waals surface area contributed by atoms with E-state index in [1.165, 1.54) is 83.5 Å². The van der Waals surface area contributed by atoms with Crippen molar-refractivity contribution in [3.05, 3.63) is 0 Å². The smallest absolute Gasteiger partial charge is 0.303 e. The molecule has 0 unspecified atom stereocenters. The van der Waals surface area contributed by atoms with Gasteiger partial charge in [0.15, 0.2) is 0 Å². The predicted octanol–water partition coefficient (Wildman–Crippen LogP) is 6.46. The Bertz CT molecular complexity index is 216. The first kappa shape index (κ1) is 28.1. The second kappa shape index (κ2) is 27.1. The molecule has 0 saturated heterocycles. The van der Waals surface area contributed by atoms with E-state index in [0.29, 0.717) is 6.42 Å². The number of carboxylic acids is 1. The molecule has 0 aromatic heterocycles. The molecule has 0 aliphatic carbocycles. The maximum absolute atomic E-state index is 10.3. The van der Waals surface area contributed by atoms with Gasteiger partial charge in [-0.25, -0.2) is 0 Å². The van der Waals surface area contributed by atoms with E-state index in [1.807, 2.05) is 0 Å². The van der Waals surface area contributed by atoms with Gasteiger partial charge in [-0.3, -0.25) is 9.45 Å². The molecular formula is C18H37ClCrO3. The molecule has 0 radical (unpaired) electrons. The largest absolute Gasteiger partial charge is 0.481 e. The summed E-state index contributed by atoms with van der Waals surface area (Å²) in [6.45, 7) is 2.27. The van der Waals surface area contributed by atoms with Gasteiger partial charge in [-0.1, -0.05) is 96.8 Å². The number of hydrogen-bond acceptors (Lipinski definition) is 2. The average molecular weight is 389 g/mol. The van der Waals surface area contributed by atoms with Gasteiger partial charge in [0.25, 0.3) is 0 Å². The number of unbranched alkanes of at least 4 members (excludes halogenated alkanes) is 14. The number of carboxylic acid groups (broad SMARTS) is 1. The summed E-state index contributed by atoms with van der Waals surface area (Å²) >= 11 is 3.64. The van der Waals surface area contributed by atoms with Crippen LogP contribution in [0.1, 0.15) is 110 Å². The Labute approximate surface area is 159 Å². The van der Waals surface area contributed by atoms with Crippen LogP contribution in [0.2, 0.25) is 0 Å². The second-order valence-corrected chi connectivity index (χ2v) is 6.09. The standard InChI is InChI=1S/C18H36O2.ClHO.Cr/c1-2-3-4-5-6-7-8-9-10-11-12-13-14-15-16-17-18(19)20;1-2;/h2-17H2,1H3,(H,19,20);2H;. The first-order chi connectivity index (χ1) is 10.8. The maximum Gasteiger partial charge on any atom is 0.303 e. The number of halogens is 1. The minimum absolute atomic E-state index is 0. The van der Waals surface area contributed by atoms with E-state index < -0.39 is 5.97 Å². The zero-order chi connectivity index (χ0) is 16.9.